The fraction of sp³-hybridized carbons (Fsp3) is 1.00. The van der Waals surface area contributed by atoms with Gasteiger partial charge >= 0.3 is 0 Å². The molecule has 0 saturated carbocycles. The number of unbranched alkanes of at least 4 members (excludes halogenated alkanes) is 2. The molecule has 0 amide bonds. The summed E-state index contributed by atoms with van der Waals surface area (Å²) in [6.07, 6.45) is 7.65. The van der Waals surface area contributed by atoms with Crippen molar-refractivity contribution in [3.05, 3.63) is 0 Å². The first-order valence-corrected chi connectivity index (χ1v) is 8.38. The van der Waals surface area contributed by atoms with E-state index in [4.69, 9.17) is 14.2 Å². The predicted molar refractivity (Wildman–Crippen MR) is 84.7 cm³/mol. The molecule has 18 heavy (non-hydrogen) atoms. The number of halogens is 1. The van der Waals surface area contributed by atoms with Crippen LogP contribution in [0, 0.1) is 0 Å². The van der Waals surface area contributed by atoms with Crippen molar-refractivity contribution in [3.63, 3.8) is 0 Å². The fourth-order valence-corrected chi connectivity index (χ4v) is 2.77. The van der Waals surface area contributed by atoms with E-state index in [9.17, 15) is 0 Å². The molecule has 0 aromatic carbocycles. The summed E-state index contributed by atoms with van der Waals surface area (Å²) in [5, 5.41) is 0. The number of rotatable bonds is 12. The van der Waals surface area contributed by atoms with Gasteiger partial charge < -0.3 is 14.2 Å². The third-order valence-corrected chi connectivity index (χ3v) is 4.34. The van der Waals surface area contributed by atoms with Crippen molar-refractivity contribution in [2.45, 2.75) is 63.8 Å². The molecular weight excluding hydrogens is 343 g/mol. The molecule has 0 aromatic rings. The number of alkyl halides is 1. The van der Waals surface area contributed by atoms with Gasteiger partial charge in [-0.3, -0.25) is 0 Å². The van der Waals surface area contributed by atoms with E-state index in [1.807, 2.05) is 0 Å². The lowest BCUT2D eigenvalue weighted by Crippen LogP contribution is -2.27. The minimum absolute atomic E-state index is 0.233. The minimum Gasteiger partial charge on any atom is -0.381 e. The zero-order chi connectivity index (χ0) is 13.8. The van der Waals surface area contributed by atoms with Gasteiger partial charge in [-0.25, -0.2) is 0 Å². The summed E-state index contributed by atoms with van der Waals surface area (Å²) in [6, 6.07) is 0. The quantitative estimate of drug-likeness (QED) is 0.296. The van der Waals surface area contributed by atoms with Crippen LogP contribution in [0.3, 0.4) is 0 Å². The molecule has 0 fully saturated rings. The van der Waals surface area contributed by atoms with Crippen LogP contribution in [0.1, 0.15) is 45.4 Å². The average molecular weight is 372 g/mol. The van der Waals surface area contributed by atoms with E-state index >= 15 is 0 Å². The number of hydrogen-bond acceptors (Lipinski definition) is 3. The van der Waals surface area contributed by atoms with Crippen molar-refractivity contribution >= 4 is 22.6 Å². The molecule has 0 unspecified atom stereocenters. The van der Waals surface area contributed by atoms with Crippen molar-refractivity contribution in [1.82, 2.24) is 0 Å². The van der Waals surface area contributed by atoms with Crippen molar-refractivity contribution in [2.75, 3.05) is 25.8 Å². The van der Waals surface area contributed by atoms with E-state index in [1.54, 1.807) is 21.3 Å². The predicted octanol–water partition coefficient (Wildman–Crippen LogP) is 3.83. The van der Waals surface area contributed by atoms with E-state index in [0.29, 0.717) is 6.10 Å². The van der Waals surface area contributed by atoms with E-state index in [1.165, 1.54) is 19.3 Å². The lowest BCUT2D eigenvalue weighted by molar-refractivity contribution is -0.00973. The van der Waals surface area contributed by atoms with Crippen molar-refractivity contribution in [2.24, 2.45) is 0 Å². The van der Waals surface area contributed by atoms with Crippen LogP contribution < -0.4 is 0 Å². The Kier molecular flexibility index (Phi) is 13.1. The summed E-state index contributed by atoms with van der Waals surface area (Å²) in [7, 11) is 5.35. The Morgan fingerprint density at radius 1 is 0.833 bits per heavy atom. The average Bonchev–Trinajstić information content (AvgIpc) is 2.41. The summed E-state index contributed by atoms with van der Waals surface area (Å²) in [5.74, 6) is 0. The first-order chi connectivity index (χ1) is 8.71. The molecule has 0 bridgehead atoms. The number of methoxy groups -OCH3 is 3. The molecule has 3 atom stereocenters. The molecule has 0 aliphatic rings. The second-order valence-electron chi connectivity index (χ2n) is 4.69. The van der Waals surface area contributed by atoms with Crippen LogP contribution in [0.15, 0.2) is 0 Å². The molecule has 4 heteroatoms. The third-order valence-electron chi connectivity index (χ3n) is 3.35. The van der Waals surface area contributed by atoms with Gasteiger partial charge in [-0.1, -0.05) is 48.8 Å². The SMILES string of the molecule is CCCCC[C@H](C[C@H](C[C@H](CI)OC)OC)OC. The first-order valence-electron chi connectivity index (χ1n) is 6.86. The third kappa shape index (κ3) is 8.67. The maximum absolute atomic E-state index is 5.56. The van der Waals surface area contributed by atoms with Crippen LogP contribution in [0.4, 0.5) is 0 Å². The molecule has 0 aliphatic heterocycles. The normalized spacial score (nSPS) is 16.5. The second kappa shape index (κ2) is 12.6. The van der Waals surface area contributed by atoms with Gasteiger partial charge in [0.25, 0.3) is 0 Å². The highest BCUT2D eigenvalue weighted by atomic mass is 127. The summed E-state index contributed by atoms with van der Waals surface area (Å²) in [4.78, 5) is 0. The molecule has 110 valence electrons. The standard InChI is InChI=1S/C14H29IO3/c1-5-6-7-8-12(16-2)9-13(17-3)10-14(11-15)18-4/h12-14H,5-11H2,1-4H3/t12-,13-,14-/m1/s1. The van der Waals surface area contributed by atoms with Crippen molar-refractivity contribution in [1.29, 1.82) is 0 Å². The molecule has 0 radical (unpaired) electrons. The van der Waals surface area contributed by atoms with Gasteiger partial charge in [-0.05, 0) is 12.8 Å². The monoisotopic (exact) mass is 372 g/mol. The Bertz CT molecular complexity index is 174. The van der Waals surface area contributed by atoms with Crippen LogP contribution in [0.5, 0.6) is 0 Å². The molecule has 0 spiro atoms. The Hall–Kier alpha value is 0.610. The van der Waals surface area contributed by atoms with E-state index in [-0.39, 0.29) is 12.2 Å². The van der Waals surface area contributed by atoms with Crippen LogP contribution in [-0.2, 0) is 14.2 Å². The van der Waals surface area contributed by atoms with E-state index in [2.05, 4.69) is 29.5 Å². The summed E-state index contributed by atoms with van der Waals surface area (Å²) >= 11 is 2.36. The van der Waals surface area contributed by atoms with Crippen molar-refractivity contribution < 1.29 is 14.2 Å². The van der Waals surface area contributed by atoms with Gasteiger partial charge in [-0.15, -0.1) is 0 Å². The molecule has 3 nitrogen and oxygen atoms in total. The fourth-order valence-electron chi connectivity index (χ4n) is 2.05. The van der Waals surface area contributed by atoms with Gasteiger partial charge in [0.05, 0.1) is 18.3 Å². The molecule has 0 rings (SSSR count). The lowest BCUT2D eigenvalue weighted by atomic mass is 10.0. The van der Waals surface area contributed by atoms with Gasteiger partial charge in [0.2, 0.25) is 0 Å². The zero-order valence-electron chi connectivity index (χ0n) is 12.3. The lowest BCUT2D eigenvalue weighted by Gasteiger charge is -2.24. The first kappa shape index (κ1) is 18.6. The van der Waals surface area contributed by atoms with Crippen LogP contribution in [0.25, 0.3) is 0 Å². The summed E-state index contributed by atoms with van der Waals surface area (Å²) < 4.78 is 17.5. The molecule has 0 saturated heterocycles. The van der Waals surface area contributed by atoms with Crippen molar-refractivity contribution in [3.8, 4) is 0 Å². The summed E-state index contributed by atoms with van der Waals surface area (Å²) in [6.45, 7) is 2.23. The highest BCUT2D eigenvalue weighted by molar-refractivity contribution is 14.1. The van der Waals surface area contributed by atoms with E-state index < -0.39 is 0 Å². The summed E-state index contributed by atoms with van der Waals surface area (Å²) in [5.41, 5.74) is 0. The maximum atomic E-state index is 5.56. The van der Waals surface area contributed by atoms with Gasteiger partial charge in [0, 0.05) is 32.2 Å². The smallest absolute Gasteiger partial charge is 0.0685 e. The minimum atomic E-state index is 0.233. The van der Waals surface area contributed by atoms with Gasteiger partial charge in [0.1, 0.15) is 0 Å². The molecular formula is C14H29IO3. The van der Waals surface area contributed by atoms with Gasteiger partial charge in [-0.2, -0.15) is 0 Å². The van der Waals surface area contributed by atoms with Crippen LogP contribution in [-0.4, -0.2) is 44.1 Å². The Labute approximate surface area is 126 Å². The number of ether oxygens (including phenoxy) is 3. The largest absolute Gasteiger partial charge is 0.381 e. The topological polar surface area (TPSA) is 27.7 Å². The van der Waals surface area contributed by atoms with E-state index in [0.717, 1.165) is 23.7 Å². The Morgan fingerprint density at radius 3 is 1.83 bits per heavy atom. The molecule has 0 heterocycles. The van der Waals surface area contributed by atoms with Crippen LogP contribution >= 0.6 is 22.6 Å². The molecule has 0 aromatic heterocycles. The van der Waals surface area contributed by atoms with Crippen LogP contribution in [0.2, 0.25) is 0 Å². The zero-order valence-corrected chi connectivity index (χ0v) is 14.4. The Balaban J connectivity index is 4.05. The van der Waals surface area contributed by atoms with Gasteiger partial charge in [0.15, 0.2) is 0 Å². The molecule has 0 N–H and O–H groups in total. The number of hydrogen-bond donors (Lipinski definition) is 0. The highest BCUT2D eigenvalue weighted by Gasteiger charge is 2.19. The maximum Gasteiger partial charge on any atom is 0.0685 e. The molecule has 0 aliphatic carbocycles. The highest BCUT2D eigenvalue weighted by Crippen LogP contribution is 2.18. The Morgan fingerprint density at radius 2 is 1.39 bits per heavy atom. The second-order valence-corrected chi connectivity index (χ2v) is 5.58.